The van der Waals surface area contributed by atoms with Crippen LogP contribution in [0.4, 0.5) is 5.95 Å². The van der Waals surface area contributed by atoms with Gasteiger partial charge in [-0.1, -0.05) is 11.6 Å². The van der Waals surface area contributed by atoms with Crippen molar-refractivity contribution in [3.05, 3.63) is 24.3 Å². The van der Waals surface area contributed by atoms with Gasteiger partial charge in [0, 0.05) is 32.0 Å². The van der Waals surface area contributed by atoms with E-state index < -0.39 is 0 Å². The van der Waals surface area contributed by atoms with Crippen LogP contribution in [0, 0.1) is 0 Å². The van der Waals surface area contributed by atoms with E-state index in [-0.39, 0.29) is 18.3 Å². The number of hydrogen-bond acceptors (Lipinski definition) is 5. The first kappa shape index (κ1) is 17.4. The van der Waals surface area contributed by atoms with Gasteiger partial charge in [-0.25, -0.2) is 4.98 Å². The first-order chi connectivity index (χ1) is 10.7. The molecule has 2 N–H and O–H groups in total. The van der Waals surface area contributed by atoms with Crippen molar-refractivity contribution in [2.45, 2.75) is 38.3 Å². The van der Waals surface area contributed by atoms with E-state index >= 15 is 0 Å². The number of carbonyl (C=O) groups is 1. The van der Waals surface area contributed by atoms with Crippen molar-refractivity contribution < 1.29 is 4.79 Å². The minimum absolute atomic E-state index is 0. The highest BCUT2D eigenvalue weighted by Crippen LogP contribution is 2.11. The van der Waals surface area contributed by atoms with Crippen LogP contribution < -0.4 is 10.6 Å². The lowest BCUT2D eigenvalue weighted by Gasteiger charge is -2.23. The smallest absolute Gasteiger partial charge is 0.280 e. The Kier molecular flexibility index (Phi) is 6.12. The Labute approximate surface area is 141 Å². The number of nitrogens with zero attached hydrogens (tertiary/aromatic N) is 5. The fraction of sp³-hybridized carbons (Fsp3) is 0.571. The average Bonchev–Trinajstić information content (AvgIpc) is 3.16. The van der Waals surface area contributed by atoms with Crippen molar-refractivity contribution >= 4 is 24.3 Å². The maximum atomic E-state index is 12.1. The fourth-order valence-electron chi connectivity index (χ4n) is 2.62. The normalized spacial score (nSPS) is 17.5. The monoisotopic (exact) mass is 339 g/mol. The quantitative estimate of drug-likeness (QED) is 0.854. The molecule has 1 aliphatic heterocycles. The molecule has 2 aromatic heterocycles. The molecule has 3 heterocycles. The van der Waals surface area contributed by atoms with Crippen LogP contribution in [-0.2, 0) is 13.6 Å². The van der Waals surface area contributed by atoms with Gasteiger partial charge in [-0.3, -0.25) is 14.8 Å². The highest BCUT2D eigenvalue weighted by molar-refractivity contribution is 6.01. The third-order valence-electron chi connectivity index (χ3n) is 3.94. The van der Waals surface area contributed by atoms with E-state index in [2.05, 4.69) is 25.9 Å². The molecule has 0 bridgehead atoms. The molecule has 1 aliphatic rings. The van der Waals surface area contributed by atoms with Gasteiger partial charge in [0.1, 0.15) is 0 Å². The minimum atomic E-state index is -0.295. The average molecular weight is 340 g/mol. The molecular formula is C14H22ClN7O. The molecule has 23 heavy (non-hydrogen) atoms. The number of piperidine rings is 1. The first-order valence-electron chi connectivity index (χ1n) is 7.64. The van der Waals surface area contributed by atoms with Gasteiger partial charge < -0.3 is 9.88 Å². The zero-order valence-corrected chi connectivity index (χ0v) is 13.9. The van der Waals surface area contributed by atoms with E-state index in [9.17, 15) is 4.79 Å². The van der Waals surface area contributed by atoms with E-state index in [4.69, 9.17) is 0 Å². The number of hydrogen-bond donors (Lipinski definition) is 2. The van der Waals surface area contributed by atoms with Crippen molar-refractivity contribution in [2.75, 3.05) is 11.9 Å². The van der Waals surface area contributed by atoms with Crippen LogP contribution in [0.15, 0.2) is 18.6 Å². The predicted molar refractivity (Wildman–Crippen MR) is 88.7 cm³/mol. The number of amides is 1. The molecule has 3 rings (SSSR count). The van der Waals surface area contributed by atoms with Crippen molar-refractivity contribution in [1.82, 2.24) is 29.9 Å². The molecule has 0 saturated carbocycles. The van der Waals surface area contributed by atoms with Crippen LogP contribution >= 0.6 is 12.4 Å². The van der Waals surface area contributed by atoms with Crippen molar-refractivity contribution in [1.29, 1.82) is 0 Å². The Morgan fingerprint density at radius 3 is 3.04 bits per heavy atom. The van der Waals surface area contributed by atoms with Gasteiger partial charge >= 0.3 is 0 Å². The maximum absolute atomic E-state index is 12.1. The molecule has 8 nitrogen and oxygen atoms in total. The standard InChI is InChI=1S/C14H21N7O.ClH/c1-20-9-7-16-14(20)17-13(22)12-10-21(19-18-12)8-5-11-4-2-3-6-15-11;/h7,9-11,15H,2-6,8H2,1H3,(H,16,17,22);1H. The summed E-state index contributed by atoms with van der Waals surface area (Å²) in [5, 5.41) is 14.2. The highest BCUT2D eigenvalue weighted by atomic mass is 35.5. The summed E-state index contributed by atoms with van der Waals surface area (Å²) < 4.78 is 3.46. The second kappa shape index (κ2) is 8.07. The first-order valence-corrected chi connectivity index (χ1v) is 7.64. The maximum Gasteiger partial charge on any atom is 0.280 e. The van der Waals surface area contributed by atoms with Gasteiger partial charge in [-0.15, -0.1) is 17.5 Å². The summed E-state index contributed by atoms with van der Waals surface area (Å²) in [6.07, 6.45) is 9.84. The summed E-state index contributed by atoms with van der Waals surface area (Å²) >= 11 is 0. The summed E-state index contributed by atoms with van der Waals surface area (Å²) in [5.74, 6) is 0.197. The number of nitrogens with one attached hydrogen (secondary N) is 2. The van der Waals surface area contributed by atoms with Gasteiger partial charge in [-0.05, 0) is 25.8 Å². The highest BCUT2D eigenvalue weighted by Gasteiger charge is 2.15. The molecule has 1 atom stereocenters. The van der Waals surface area contributed by atoms with Crippen LogP contribution in [0.2, 0.25) is 0 Å². The summed E-state index contributed by atoms with van der Waals surface area (Å²) in [6, 6.07) is 0.544. The van der Waals surface area contributed by atoms with E-state index in [0.717, 1.165) is 19.5 Å². The molecule has 2 aromatic rings. The van der Waals surface area contributed by atoms with Crippen molar-refractivity contribution in [3.8, 4) is 0 Å². The number of halogens is 1. The van der Waals surface area contributed by atoms with Gasteiger partial charge in [0.25, 0.3) is 5.91 Å². The lowest BCUT2D eigenvalue weighted by Crippen LogP contribution is -2.34. The van der Waals surface area contributed by atoms with Crippen LogP contribution in [0.3, 0.4) is 0 Å². The third-order valence-corrected chi connectivity index (χ3v) is 3.94. The largest absolute Gasteiger partial charge is 0.320 e. The van der Waals surface area contributed by atoms with E-state index in [1.54, 1.807) is 27.8 Å². The lowest BCUT2D eigenvalue weighted by molar-refractivity contribution is 0.102. The SMILES string of the molecule is Cl.Cn1ccnc1NC(=O)c1cn(CCC2CCCCN2)nn1. The fourth-order valence-corrected chi connectivity index (χ4v) is 2.62. The Morgan fingerprint density at radius 1 is 1.48 bits per heavy atom. The van der Waals surface area contributed by atoms with Gasteiger partial charge in [-0.2, -0.15) is 0 Å². The Morgan fingerprint density at radius 2 is 2.35 bits per heavy atom. The van der Waals surface area contributed by atoms with Crippen molar-refractivity contribution in [2.24, 2.45) is 7.05 Å². The van der Waals surface area contributed by atoms with E-state index in [1.807, 2.05) is 7.05 Å². The third kappa shape index (κ3) is 4.52. The van der Waals surface area contributed by atoms with Crippen molar-refractivity contribution in [3.63, 3.8) is 0 Å². The number of rotatable bonds is 5. The Hall–Kier alpha value is -1.93. The molecular weight excluding hydrogens is 318 g/mol. The summed E-state index contributed by atoms with van der Waals surface area (Å²) in [5.41, 5.74) is 0.305. The molecule has 0 radical (unpaired) electrons. The number of anilines is 1. The zero-order valence-electron chi connectivity index (χ0n) is 13.1. The molecule has 0 spiro atoms. The lowest BCUT2D eigenvalue weighted by atomic mass is 10.0. The molecule has 1 fully saturated rings. The van der Waals surface area contributed by atoms with Gasteiger partial charge in [0.15, 0.2) is 5.69 Å². The number of imidazole rings is 1. The van der Waals surface area contributed by atoms with Gasteiger partial charge in [0.2, 0.25) is 5.95 Å². The van der Waals surface area contributed by atoms with E-state index in [0.29, 0.717) is 17.7 Å². The Bertz CT molecular complexity index is 633. The molecule has 1 saturated heterocycles. The zero-order chi connectivity index (χ0) is 15.4. The summed E-state index contributed by atoms with van der Waals surface area (Å²) in [4.78, 5) is 16.1. The molecule has 9 heteroatoms. The summed E-state index contributed by atoms with van der Waals surface area (Å²) in [7, 11) is 1.82. The topological polar surface area (TPSA) is 89.7 Å². The predicted octanol–water partition coefficient (Wildman–Crippen LogP) is 1.22. The summed E-state index contributed by atoms with van der Waals surface area (Å²) in [6.45, 7) is 1.86. The molecule has 1 amide bonds. The number of aromatic nitrogens is 5. The van der Waals surface area contributed by atoms with Gasteiger partial charge in [0.05, 0.1) is 6.20 Å². The molecule has 0 aliphatic carbocycles. The second-order valence-electron chi connectivity index (χ2n) is 5.62. The second-order valence-corrected chi connectivity index (χ2v) is 5.62. The molecule has 0 aromatic carbocycles. The minimum Gasteiger partial charge on any atom is -0.320 e. The number of aryl methyl sites for hydroxylation is 2. The van der Waals surface area contributed by atoms with Crippen LogP contribution in [0.1, 0.15) is 36.2 Å². The van der Waals surface area contributed by atoms with Crippen LogP contribution in [0.5, 0.6) is 0 Å². The van der Waals surface area contributed by atoms with Crippen LogP contribution in [-0.4, -0.2) is 43.0 Å². The molecule has 126 valence electrons. The molecule has 1 unspecified atom stereocenters. The van der Waals surface area contributed by atoms with Crippen LogP contribution in [0.25, 0.3) is 0 Å². The Balaban J connectivity index is 0.00000192. The van der Waals surface area contributed by atoms with E-state index in [1.165, 1.54) is 19.3 Å². The number of carbonyl (C=O) groups excluding carboxylic acids is 1.